The van der Waals surface area contributed by atoms with Gasteiger partial charge in [-0.05, 0) is 65.9 Å². The summed E-state index contributed by atoms with van der Waals surface area (Å²) in [5.41, 5.74) is 2.30. The van der Waals surface area contributed by atoms with Gasteiger partial charge < -0.3 is 15.3 Å². The normalized spacial score (nSPS) is 37.6. The highest BCUT2D eigenvalue weighted by Gasteiger charge is 2.54. The Balaban J connectivity index is 2.24. The van der Waals surface area contributed by atoms with Gasteiger partial charge in [-0.15, -0.1) is 0 Å². The van der Waals surface area contributed by atoms with Crippen molar-refractivity contribution in [2.75, 3.05) is 13.2 Å². The maximum atomic E-state index is 10.6. The fourth-order valence-corrected chi connectivity index (χ4v) is 5.42. The summed E-state index contributed by atoms with van der Waals surface area (Å²) in [6.07, 6.45) is 7.43. The minimum atomic E-state index is -0.408. The number of hydrogen-bond donors (Lipinski definition) is 3. The molecule has 2 rings (SSSR count). The molecule has 2 saturated carbocycles. The van der Waals surface area contributed by atoms with Crippen molar-refractivity contribution in [2.24, 2.45) is 22.7 Å². The molecule has 0 unspecified atom stereocenters. The molecule has 0 amide bonds. The summed E-state index contributed by atoms with van der Waals surface area (Å²) in [6.45, 7) is 11.3. The summed E-state index contributed by atoms with van der Waals surface area (Å²) in [5, 5.41) is 29.0. The van der Waals surface area contributed by atoms with Gasteiger partial charge in [-0.3, -0.25) is 0 Å². The third-order valence-corrected chi connectivity index (χ3v) is 6.74. The van der Waals surface area contributed by atoms with Gasteiger partial charge in [0, 0.05) is 0 Å². The Hall–Kier alpha value is -0.640. The first kappa shape index (κ1) is 18.7. The van der Waals surface area contributed by atoms with Crippen LogP contribution in [0.4, 0.5) is 0 Å². The van der Waals surface area contributed by atoms with Crippen LogP contribution in [0.1, 0.15) is 59.3 Å². The van der Waals surface area contributed by atoms with E-state index in [0.29, 0.717) is 5.92 Å². The molecule has 4 atom stereocenters. The Morgan fingerprint density at radius 2 is 1.96 bits per heavy atom. The molecule has 3 nitrogen and oxygen atoms in total. The lowest BCUT2D eigenvalue weighted by molar-refractivity contribution is -0.0835. The number of aliphatic hydroxyl groups excluding tert-OH is 3. The minimum absolute atomic E-state index is 0.00601. The zero-order valence-electron chi connectivity index (χ0n) is 15.0. The molecule has 0 aliphatic heterocycles. The molecule has 0 spiro atoms. The predicted octanol–water partition coefficient (Wildman–Crippen LogP) is 3.45. The van der Waals surface area contributed by atoms with Gasteiger partial charge in [0.15, 0.2) is 0 Å². The van der Waals surface area contributed by atoms with Gasteiger partial charge >= 0.3 is 0 Å². The molecule has 3 heteroatoms. The van der Waals surface area contributed by atoms with Crippen LogP contribution in [0.25, 0.3) is 0 Å². The maximum Gasteiger partial charge on any atom is 0.0753 e. The van der Waals surface area contributed by atoms with Crippen molar-refractivity contribution in [1.82, 2.24) is 0 Å². The third-order valence-electron chi connectivity index (χ3n) is 6.74. The van der Waals surface area contributed by atoms with Crippen LogP contribution in [0, 0.1) is 22.7 Å². The highest BCUT2D eigenvalue weighted by Crippen LogP contribution is 2.61. The second-order valence-electron chi connectivity index (χ2n) is 8.52. The molecule has 0 radical (unpaired) electrons. The monoisotopic (exact) mass is 322 g/mol. The summed E-state index contributed by atoms with van der Waals surface area (Å²) < 4.78 is 0. The van der Waals surface area contributed by atoms with Crippen molar-refractivity contribution >= 4 is 0 Å². The van der Waals surface area contributed by atoms with E-state index >= 15 is 0 Å². The van der Waals surface area contributed by atoms with E-state index < -0.39 is 6.10 Å². The SMILES string of the molecule is C=C1[C@@H](CC/C(=C/CO)CO)[C@]2(C)CCCC(C)(C)[C@H]2C[C@@H]1O. The Morgan fingerprint density at radius 3 is 2.57 bits per heavy atom. The van der Waals surface area contributed by atoms with Gasteiger partial charge in [0.25, 0.3) is 0 Å². The van der Waals surface area contributed by atoms with Crippen molar-refractivity contribution in [3.63, 3.8) is 0 Å². The van der Waals surface area contributed by atoms with Crippen molar-refractivity contribution in [1.29, 1.82) is 0 Å². The van der Waals surface area contributed by atoms with E-state index in [4.69, 9.17) is 5.11 Å². The van der Waals surface area contributed by atoms with Gasteiger partial charge in [-0.1, -0.05) is 39.8 Å². The molecule has 2 fully saturated rings. The highest BCUT2D eigenvalue weighted by atomic mass is 16.3. The lowest BCUT2D eigenvalue weighted by atomic mass is 9.46. The van der Waals surface area contributed by atoms with Crippen LogP contribution < -0.4 is 0 Å². The van der Waals surface area contributed by atoms with Gasteiger partial charge in [0.2, 0.25) is 0 Å². The Labute approximate surface area is 141 Å². The number of rotatable bonds is 5. The lowest BCUT2D eigenvalue weighted by Gasteiger charge is -2.59. The van der Waals surface area contributed by atoms with Crippen molar-refractivity contribution in [2.45, 2.75) is 65.4 Å². The average Bonchev–Trinajstić information content (AvgIpc) is 2.48. The van der Waals surface area contributed by atoms with Crippen molar-refractivity contribution in [3.8, 4) is 0 Å². The average molecular weight is 322 g/mol. The molecule has 2 aliphatic rings. The van der Waals surface area contributed by atoms with Crippen LogP contribution in [-0.2, 0) is 0 Å². The Bertz CT molecular complexity index is 466. The molecular weight excluding hydrogens is 288 g/mol. The second kappa shape index (κ2) is 7.08. The molecule has 0 aromatic rings. The standard InChI is InChI=1S/C20H34O3/c1-14-16(7-6-15(13-22)8-11-21)20(4)10-5-9-19(2,3)18(20)12-17(14)23/h8,16-18,21-23H,1,5-7,9-13H2,2-4H3/b15-8-/t16-,17+,18-,20+/m1/s1. The van der Waals surface area contributed by atoms with E-state index in [2.05, 4.69) is 27.4 Å². The van der Waals surface area contributed by atoms with Gasteiger partial charge in [0.05, 0.1) is 19.3 Å². The fraction of sp³-hybridized carbons (Fsp3) is 0.800. The van der Waals surface area contributed by atoms with Gasteiger partial charge in [0.1, 0.15) is 0 Å². The van der Waals surface area contributed by atoms with E-state index in [0.717, 1.165) is 30.4 Å². The van der Waals surface area contributed by atoms with Gasteiger partial charge in [-0.2, -0.15) is 0 Å². The Morgan fingerprint density at radius 1 is 1.26 bits per heavy atom. The van der Waals surface area contributed by atoms with Crippen LogP contribution in [0.3, 0.4) is 0 Å². The fourth-order valence-electron chi connectivity index (χ4n) is 5.42. The van der Waals surface area contributed by atoms with Crippen LogP contribution in [0.15, 0.2) is 23.8 Å². The van der Waals surface area contributed by atoms with Crippen LogP contribution in [0.2, 0.25) is 0 Å². The molecule has 0 heterocycles. The summed E-state index contributed by atoms with van der Waals surface area (Å²) >= 11 is 0. The quantitative estimate of drug-likeness (QED) is 0.679. The second-order valence-corrected chi connectivity index (χ2v) is 8.52. The lowest BCUT2D eigenvalue weighted by Crippen LogP contribution is -2.52. The van der Waals surface area contributed by atoms with E-state index in [9.17, 15) is 10.2 Å². The first-order valence-electron chi connectivity index (χ1n) is 9.02. The third kappa shape index (κ3) is 3.57. The molecule has 0 aromatic heterocycles. The number of hydrogen-bond acceptors (Lipinski definition) is 3. The first-order chi connectivity index (χ1) is 10.8. The minimum Gasteiger partial charge on any atom is -0.392 e. The highest BCUT2D eigenvalue weighted by molar-refractivity contribution is 5.20. The largest absolute Gasteiger partial charge is 0.392 e. The predicted molar refractivity (Wildman–Crippen MR) is 94.0 cm³/mol. The molecule has 0 bridgehead atoms. The smallest absolute Gasteiger partial charge is 0.0753 e. The van der Waals surface area contributed by atoms with Gasteiger partial charge in [-0.25, -0.2) is 0 Å². The van der Waals surface area contributed by atoms with Crippen LogP contribution in [-0.4, -0.2) is 34.6 Å². The molecule has 2 aliphatic carbocycles. The zero-order valence-corrected chi connectivity index (χ0v) is 15.0. The molecule has 3 N–H and O–H groups in total. The van der Waals surface area contributed by atoms with Crippen LogP contribution in [0.5, 0.6) is 0 Å². The van der Waals surface area contributed by atoms with Crippen LogP contribution >= 0.6 is 0 Å². The van der Waals surface area contributed by atoms with Crippen molar-refractivity contribution in [3.05, 3.63) is 23.8 Å². The maximum absolute atomic E-state index is 10.6. The summed E-state index contributed by atoms with van der Waals surface area (Å²) in [6, 6.07) is 0. The summed E-state index contributed by atoms with van der Waals surface area (Å²) in [5.74, 6) is 0.790. The summed E-state index contributed by atoms with van der Waals surface area (Å²) in [4.78, 5) is 0. The molecule has 132 valence electrons. The van der Waals surface area contributed by atoms with E-state index in [-0.39, 0.29) is 30.0 Å². The number of aliphatic hydroxyl groups is 3. The first-order valence-corrected chi connectivity index (χ1v) is 9.02. The molecule has 0 saturated heterocycles. The van der Waals surface area contributed by atoms with E-state index in [1.165, 1.54) is 19.3 Å². The Kier molecular flexibility index (Phi) is 5.76. The van der Waals surface area contributed by atoms with E-state index in [1.54, 1.807) is 6.08 Å². The molecule has 0 aromatic carbocycles. The molecular formula is C20H34O3. The topological polar surface area (TPSA) is 60.7 Å². The molecule has 23 heavy (non-hydrogen) atoms. The van der Waals surface area contributed by atoms with E-state index in [1.807, 2.05) is 0 Å². The number of fused-ring (bicyclic) bond motifs is 1. The zero-order chi connectivity index (χ0) is 17.3. The van der Waals surface area contributed by atoms with Crippen molar-refractivity contribution < 1.29 is 15.3 Å². The summed E-state index contributed by atoms with van der Waals surface area (Å²) in [7, 11) is 0.